The van der Waals surface area contributed by atoms with Gasteiger partial charge in [-0.15, -0.1) is 0 Å². The number of hydrogen-bond acceptors (Lipinski definition) is 5. The van der Waals surface area contributed by atoms with Crippen LogP contribution in [0.15, 0.2) is 30.0 Å². The number of rotatable bonds is 5. The molecule has 7 nitrogen and oxygen atoms in total. The molecule has 1 heterocycles. The fraction of sp³-hybridized carbons (Fsp3) is 0.154. The Labute approximate surface area is 118 Å². The first-order chi connectivity index (χ1) is 9.93. The largest absolute Gasteiger partial charge is 0.478 e. The average molecular weight is 294 g/mol. The second-order valence-corrected chi connectivity index (χ2v) is 4.20. The van der Waals surface area contributed by atoms with E-state index in [9.17, 15) is 18.8 Å². The van der Waals surface area contributed by atoms with Crippen molar-refractivity contribution in [3.05, 3.63) is 41.4 Å². The summed E-state index contributed by atoms with van der Waals surface area (Å²) in [6.07, 6.45) is 0.989. The molecule has 0 aromatic heterocycles. The number of carboxylic acids is 1. The van der Waals surface area contributed by atoms with E-state index in [1.54, 1.807) is 0 Å². The highest BCUT2D eigenvalue weighted by Crippen LogP contribution is 2.21. The first-order valence-corrected chi connectivity index (χ1v) is 5.92. The van der Waals surface area contributed by atoms with Gasteiger partial charge in [0.15, 0.2) is 0 Å². The Balaban J connectivity index is 2.20. The highest BCUT2D eigenvalue weighted by molar-refractivity contribution is 6.17. The van der Waals surface area contributed by atoms with E-state index in [2.05, 4.69) is 5.32 Å². The number of aliphatic hydroxyl groups is 1. The molecule has 1 aliphatic heterocycles. The van der Waals surface area contributed by atoms with Gasteiger partial charge < -0.3 is 15.5 Å². The maximum absolute atomic E-state index is 13.7. The quantitative estimate of drug-likeness (QED) is 0.669. The maximum Gasteiger partial charge on any atom is 0.335 e. The number of carboxylic acid groups (broad SMARTS) is 1. The maximum atomic E-state index is 13.7. The highest BCUT2D eigenvalue weighted by atomic mass is 19.1. The Morgan fingerprint density at radius 1 is 1.33 bits per heavy atom. The van der Waals surface area contributed by atoms with E-state index in [1.807, 2.05) is 0 Å². The second kappa shape index (κ2) is 5.71. The molecule has 0 atom stereocenters. The molecule has 1 aliphatic rings. The molecule has 2 rings (SSSR count). The van der Waals surface area contributed by atoms with Crippen molar-refractivity contribution in [3.8, 4) is 0 Å². The summed E-state index contributed by atoms with van der Waals surface area (Å²) in [6, 6.07) is 3.13. The van der Waals surface area contributed by atoms with Gasteiger partial charge in [-0.05, 0) is 18.2 Å². The Morgan fingerprint density at radius 3 is 2.62 bits per heavy atom. The number of imide groups is 1. The monoisotopic (exact) mass is 294 g/mol. The second-order valence-electron chi connectivity index (χ2n) is 4.20. The first kappa shape index (κ1) is 14.7. The van der Waals surface area contributed by atoms with Crippen LogP contribution in [0.4, 0.5) is 10.1 Å². The predicted octanol–water partition coefficient (Wildman–Crippen LogP) is 0.181. The summed E-state index contributed by atoms with van der Waals surface area (Å²) < 4.78 is 13.7. The average Bonchev–Trinajstić information content (AvgIpc) is 2.69. The van der Waals surface area contributed by atoms with Gasteiger partial charge in [0.05, 0.1) is 24.4 Å². The van der Waals surface area contributed by atoms with Gasteiger partial charge in [0, 0.05) is 6.08 Å². The van der Waals surface area contributed by atoms with Gasteiger partial charge in [-0.2, -0.15) is 0 Å². The van der Waals surface area contributed by atoms with Gasteiger partial charge in [0.25, 0.3) is 11.8 Å². The molecule has 1 aromatic carbocycles. The number of nitrogens with zero attached hydrogens (tertiary/aromatic N) is 1. The van der Waals surface area contributed by atoms with Crippen molar-refractivity contribution < 1.29 is 29.0 Å². The Hall–Kier alpha value is -2.74. The lowest BCUT2D eigenvalue weighted by molar-refractivity contribution is -0.137. The van der Waals surface area contributed by atoms with Crippen molar-refractivity contribution in [1.82, 2.24) is 4.90 Å². The van der Waals surface area contributed by atoms with E-state index >= 15 is 0 Å². The van der Waals surface area contributed by atoms with E-state index in [4.69, 9.17) is 10.2 Å². The molecule has 2 amide bonds. The summed E-state index contributed by atoms with van der Waals surface area (Å²) in [4.78, 5) is 34.9. The van der Waals surface area contributed by atoms with Crippen molar-refractivity contribution in [1.29, 1.82) is 0 Å². The first-order valence-electron chi connectivity index (χ1n) is 5.92. The number of nitrogens with one attached hydrogen (secondary N) is 1. The molecule has 8 heteroatoms. The molecule has 0 aliphatic carbocycles. The zero-order valence-corrected chi connectivity index (χ0v) is 10.7. The molecular formula is C13H11FN2O5. The fourth-order valence-corrected chi connectivity index (χ4v) is 1.80. The van der Waals surface area contributed by atoms with Crippen LogP contribution in [0.3, 0.4) is 0 Å². The topological polar surface area (TPSA) is 107 Å². The third kappa shape index (κ3) is 2.90. The van der Waals surface area contributed by atoms with E-state index in [1.165, 1.54) is 6.07 Å². The van der Waals surface area contributed by atoms with Crippen molar-refractivity contribution in [2.24, 2.45) is 0 Å². The van der Waals surface area contributed by atoms with Gasteiger partial charge in [0.2, 0.25) is 0 Å². The van der Waals surface area contributed by atoms with Gasteiger partial charge in [-0.1, -0.05) is 0 Å². The predicted molar refractivity (Wildman–Crippen MR) is 68.9 cm³/mol. The van der Waals surface area contributed by atoms with E-state index < -0.39 is 23.6 Å². The molecule has 0 saturated heterocycles. The third-order valence-corrected chi connectivity index (χ3v) is 2.82. The molecule has 0 bridgehead atoms. The summed E-state index contributed by atoms with van der Waals surface area (Å²) in [5.74, 6) is -3.44. The molecule has 0 spiro atoms. The highest BCUT2D eigenvalue weighted by Gasteiger charge is 2.31. The van der Waals surface area contributed by atoms with Crippen molar-refractivity contribution in [3.63, 3.8) is 0 Å². The minimum absolute atomic E-state index is 0.127. The number of carbonyl (C=O) groups excluding carboxylic acids is 2. The lowest BCUT2D eigenvalue weighted by Crippen LogP contribution is -2.34. The van der Waals surface area contributed by atoms with Gasteiger partial charge in [0.1, 0.15) is 11.5 Å². The number of β-amino-alcohol motifs (C(OH)–C–C–N with tert-alkyl or cyclic N) is 1. The fourth-order valence-electron chi connectivity index (χ4n) is 1.80. The number of aliphatic hydroxyl groups excluding tert-OH is 1. The summed E-state index contributed by atoms with van der Waals surface area (Å²) in [6.45, 7) is -0.528. The van der Waals surface area contributed by atoms with Gasteiger partial charge >= 0.3 is 5.97 Å². The Bertz CT molecular complexity index is 656. The summed E-state index contributed by atoms with van der Waals surface area (Å²) in [7, 11) is 0. The van der Waals surface area contributed by atoms with Gasteiger partial charge in [-0.25, -0.2) is 9.18 Å². The third-order valence-electron chi connectivity index (χ3n) is 2.82. The Morgan fingerprint density at radius 2 is 2.05 bits per heavy atom. The number of benzene rings is 1. The molecule has 21 heavy (non-hydrogen) atoms. The van der Waals surface area contributed by atoms with Crippen LogP contribution < -0.4 is 5.32 Å². The number of amides is 2. The number of hydrogen-bond donors (Lipinski definition) is 3. The van der Waals surface area contributed by atoms with Crippen LogP contribution in [0.2, 0.25) is 0 Å². The van der Waals surface area contributed by atoms with Gasteiger partial charge in [-0.3, -0.25) is 14.5 Å². The lowest BCUT2D eigenvalue weighted by atomic mass is 10.2. The van der Waals surface area contributed by atoms with Crippen molar-refractivity contribution in [2.45, 2.75) is 0 Å². The molecule has 0 saturated carbocycles. The molecular weight excluding hydrogens is 283 g/mol. The molecule has 110 valence electrons. The van der Waals surface area contributed by atoms with Crippen LogP contribution >= 0.6 is 0 Å². The minimum Gasteiger partial charge on any atom is -0.478 e. The minimum atomic E-state index is -1.28. The molecule has 3 N–H and O–H groups in total. The summed E-state index contributed by atoms with van der Waals surface area (Å²) in [5.41, 5.74) is -0.503. The lowest BCUT2D eigenvalue weighted by Gasteiger charge is -2.13. The number of anilines is 1. The normalized spacial score (nSPS) is 14.4. The van der Waals surface area contributed by atoms with Crippen LogP contribution in [0.5, 0.6) is 0 Å². The summed E-state index contributed by atoms with van der Waals surface area (Å²) >= 11 is 0. The Kier molecular flexibility index (Phi) is 3.99. The van der Waals surface area contributed by atoms with Crippen LogP contribution in [0.1, 0.15) is 10.4 Å². The van der Waals surface area contributed by atoms with Crippen LogP contribution in [-0.2, 0) is 9.59 Å². The molecule has 0 unspecified atom stereocenters. The van der Waals surface area contributed by atoms with Crippen LogP contribution in [0, 0.1) is 5.82 Å². The molecule has 0 radical (unpaired) electrons. The number of aromatic carboxylic acids is 1. The zero-order chi connectivity index (χ0) is 15.6. The zero-order valence-electron chi connectivity index (χ0n) is 10.7. The standard InChI is InChI=1S/C13H11FN2O5/c14-8-5-7(13(20)21)1-2-9(8)15-10-6-11(18)16(3-4-17)12(10)19/h1-2,5-6,15,17H,3-4H2,(H,20,21). The molecule has 1 aromatic rings. The van der Waals surface area contributed by atoms with E-state index in [0.717, 1.165) is 23.1 Å². The van der Waals surface area contributed by atoms with Crippen molar-refractivity contribution >= 4 is 23.5 Å². The number of carbonyl (C=O) groups is 3. The number of halogens is 1. The van der Waals surface area contributed by atoms with Crippen LogP contribution in [0.25, 0.3) is 0 Å². The summed E-state index contributed by atoms with van der Waals surface area (Å²) in [5, 5.41) is 19.9. The smallest absolute Gasteiger partial charge is 0.335 e. The van der Waals surface area contributed by atoms with Crippen LogP contribution in [-0.4, -0.2) is 46.0 Å². The van der Waals surface area contributed by atoms with E-state index in [0.29, 0.717) is 0 Å². The van der Waals surface area contributed by atoms with E-state index in [-0.39, 0.29) is 30.1 Å². The molecule has 0 fully saturated rings. The SMILES string of the molecule is O=C(O)c1ccc(NC2=CC(=O)N(CCO)C2=O)c(F)c1. The van der Waals surface area contributed by atoms with Crippen molar-refractivity contribution in [2.75, 3.05) is 18.5 Å².